The third-order valence-corrected chi connectivity index (χ3v) is 3.07. The van der Waals surface area contributed by atoms with E-state index in [1.54, 1.807) is 0 Å². The van der Waals surface area contributed by atoms with E-state index in [9.17, 15) is 4.57 Å². The monoisotopic (exact) mass is 227 g/mol. The second kappa shape index (κ2) is 5.36. The molecular weight excluding hydrogens is 209 g/mol. The lowest BCUT2D eigenvalue weighted by Crippen LogP contribution is -2.37. The summed E-state index contributed by atoms with van der Waals surface area (Å²) >= 11 is 0. The fourth-order valence-corrected chi connectivity index (χ4v) is 1.83. The first-order chi connectivity index (χ1) is 6.99. The molecule has 0 heterocycles. The average molecular weight is 227 g/mol. The molecule has 0 amide bonds. The van der Waals surface area contributed by atoms with Gasteiger partial charge in [-0.05, 0) is 16.7 Å². The van der Waals surface area contributed by atoms with Gasteiger partial charge < -0.3 is 4.48 Å². The van der Waals surface area contributed by atoms with E-state index in [4.69, 9.17) is 4.52 Å². The number of nitrogens with zero attached hydrogens (tertiary/aromatic N) is 1. The van der Waals surface area contributed by atoms with Crippen LogP contribution in [0.2, 0.25) is 0 Å². The van der Waals surface area contributed by atoms with Crippen molar-refractivity contribution in [2.75, 3.05) is 34.3 Å². The summed E-state index contributed by atoms with van der Waals surface area (Å²) in [5.74, 6) is 0. The van der Waals surface area contributed by atoms with E-state index in [-0.39, 0.29) is 0 Å². The van der Waals surface area contributed by atoms with Crippen molar-refractivity contribution in [1.29, 1.82) is 0 Å². The average Bonchev–Trinajstić information content (AvgIpc) is 2.17. The Morgan fingerprint density at radius 3 is 2.33 bits per heavy atom. The minimum atomic E-state index is -1.69. The van der Waals surface area contributed by atoms with Gasteiger partial charge in [-0.25, -0.2) is 0 Å². The third-order valence-electron chi connectivity index (χ3n) is 1.94. The summed E-state index contributed by atoms with van der Waals surface area (Å²) in [6.07, 6.45) is 0. The van der Waals surface area contributed by atoms with Crippen molar-refractivity contribution in [3.63, 3.8) is 0 Å². The number of benzene rings is 1. The van der Waals surface area contributed by atoms with Crippen LogP contribution in [-0.2, 0) is 9.09 Å². The highest BCUT2D eigenvalue weighted by molar-refractivity contribution is 7.48. The molecule has 1 aromatic carbocycles. The molecule has 82 valence electrons. The predicted octanol–water partition coefficient (Wildman–Crippen LogP) is 1.78. The molecule has 0 radical (unpaired) electrons. The number of likely N-dealkylation sites (N-methyl/N-ethyl adjacent to an activating group) is 1. The van der Waals surface area contributed by atoms with Crippen molar-refractivity contribution in [3.8, 4) is 0 Å². The van der Waals surface area contributed by atoms with Gasteiger partial charge in [0.2, 0.25) is 5.30 Å². The van der Waals surface area contributed by atoms with Gasteiger partial charge in [0.15, 0.2) is 6.61 Å². The van der Waals surface area contributed by atoms with Crippen LogP contribution in [0.1, 0.15) is 0 Å². The van der Waals surface area contributed by atoms with Gasteiger partial charge in [-0.1, -0.05) is 18.2 Å². The molecule has 0 aliphatic heterocycles. The topological polar surface area (TPSA) is 26.3 Å². The van der Waals surface area contributed by atoms with Crippen LogP contribution in [-0.4, -0.2) is 38.8 Å². The molecule has 1 aromatic rings. The first kappa shape index (κ1) is 12.3. The molecule has 1 atom stereocenters. The molecule has 15 heavy (non-hydrogen) atoms. The minimum absolute atomic E-state index is 0.521. The molecule has 0 bridgehead atoms. The summed E-state index contributed by atoms with van der Waals surface area (Å²) < 4.78 is 17.8. The smallest absolute Gasteiger partial charge is 0.329 e. The molecule has 0 aromatic heterocycles. The summed E-state index contributed by atoms with van der Waals surface area (Å²) in [5, 5.41) is 0.758. The van der Waals surface area contributed by atoms with E-state index in [1.807, 2.05) is 30.3 Å². The normalized spacial score (nSPS) is 12.6. The van der Waals surface area contributed by atoms with Crippen LogP contribution in [0.15, 0.2) is 30.3 Å². The van der Waals surface area contributed by atoms with E-state index >= 15 is 0 Å². The number of hydrogen-bond donors (Lipinski definition) is 0. The van der Waals surface area contributed by atoms with Crippen LogP contribution in [0.25, 0.3) is 0 Å². The van der Waals surface area contributed by atoms with Gasteiger partial charge in [-0.15, -0.1) is 4.52 Å². The maximum absolute atomic E-state index is 11.6. The van der Waals surface area contributed by atoms with Gasteiger partial charge in [-0.2, -0.15) is 0 Å². The molecule has 0 N–H and O–H groups in total. The Morgan fingerprint density at radius 2 is 1.80 bits per heavy atom. The highest BCUT2D eigenvalue weighted by Gasteiger charge is 2.22. The summed E-state index contributed by atoms with van der Waals surface area (Å²) in [6, 6.07) is 9.28. The Bertz CT molecular complexity index is 319. The van der Waals surface area contributed by atoms with Crippen molar-refractivity contribution in [2.24, 2.45) is 0 Å². The number of quaternary nitrogens is 1. The zero-order chi connectivity index (χ0) is 11.3. The van der Waals surface area contributed by atoms with Crippen molar-refractivity contribution < 1.29 is 13.6 Å². The van der Waals surface area contributed by atoms with Crippen LogP contribution in [0.4, 0.5) is 0 Å². The van der Waals surface area contributed by atoms with Crippen LogP contribution >= 0.6 is 8.03 Å². The molecule has 0 aliphatic carbocycles. The quantitative estimate of drug-likeness (QED) is 0.566. The van der Waals surface area contributed by atoms with E-state index in [0.29, 0.717) is 6.61 Å². The van der Waals surface area contributed by atoms with Crippen molar-refractivity contribution >= 4 is 13.3 Å². The van der Waals surface area contributed by atoms with Gasteiger partial charge >= 0.3 is 8.03 Å². The van der Waals surface area contributed by atoms with Gasteiger partial charge in [0, 0.05) is 0 Å². The fourth-order valence-electron chi connectivity index (χ4n) is 1.02. The highest BCUT2D eigenvalue weighted by atomic mass is 31.1. The molecule has 1 rings (SSSR count). The number of rotatable bonds is 5. The molecule has 3 nitrogen and oxygen atoms in total. The Morgan fingerprint density at radius 1 is 1.20 bits per heavy atom. The standard InChI is InChI=1S/C11H18NO2P/c1-12(2,3)9-10-14-15(13)11-7-5-4-6-8-11/h4-8H,9-10H2,1-3H3/q+2. The lowest BCUT2D eigenvalue weighted by atomic mass is 10.4. The van der Waals surface area contributed by atoms with Crippen molar-refractivity contribution in [2.45, 2.75) is 0 Å². The molecule has 0 spiro atoms. The summed E-state index contributed by atoms with van der Waals surface area (Å²) in [6.45, 7) is 1.38. The van der Waals surface area contributed by atoms with Crippen LogP contribution in [0.5, 0.6) is 0 Å². The zero-order valence-corrected chi connectivity index (χ0v) is 10.4. The van der Waals surface area contributed by atoms with E-state index in [1.165, 1.54) is 0 Å². The van der Waals surface area contributed by atoms with E-state index in [0.717, 1.165) is 16.3 Å². The van der Waals surface area contributed by atoms with Crippen LogP contribution < -0.4 is 5.30 Å². The Balaban J connectivity index is 2.38. The highest BCUT2D eigenvalue weighted by Crippen LogP contribution is 2.20. The number of hydrogen-bond acceptors (Lipinski definition) is 2. The molecule has 4 heteroatoms. The lowest BCUT2D eigenvalue weighted by Gasteiger charge is -2.21. The summed E-state index contributed by atoms with van der Waals surface area (Å²) in [4.78, 5) is 0. The zero-order valence-electron chi connectivity index (χ0n) is 9.51. The lowest BCUT2D eigenvalue weighted by molar-refractivity contribution is -0.870. The first-order valence-corrected chi connectivity index (χ1v) is 6.12. The summed E-state index contributed by atoms with van der Waals surface area (Å²) in [7, 11) is 4.56. The minimum Gasteiger partial charge on any atom is -0.329 e. The second-order valence-corrected chi connectivity index (χ2v) is 5.73. The molecule has 0 saturated heterocycles. The van der Waals surface area contributed by atoms with Crippen molar-refractivity contribution in [3.05, 3.63) is 30.3 Å². The fraction of sp³-hybridized carbons (Fsp3) is 0.455. The Labute approximate surface area is 92.1 Å². The van der Waals surface area contributed by atoms with Gasteiger partial charge in [0.25, 0.3) is 0 Å². The maximum Gasteiger partial charge on any atom is 0.548 e. The predicted molar refractivity (Wildman–Crippen MR) is 62.5 cm³/mol. The molecule has 1 unspecified atom stereocenters. The van der Waals surface area contributed by atoms with E-state index in [2.05, 4.69) is 21.1 Å². The molecule has 0 aliphatic rings. The molecule has 0 saturated carbocycles. The van der Waals surface area contributed by atoms with Crippen LogP contribution in [0, 0.1) is 0 Å². The third kappa shape index (κ3) is 5.03. The van der Waals surface area contributed by atoms with Crippen molar-refractivity contribution in [1.82, 2.24) is 0 Å². The van der Waals surface area contributed by atoms with Crippen LogP contribution in [0.3, 0.4) is 0 Å². The first-order valence-electron chi connectivity index (χ1n) is 4.95. The molecule has 0 fully saturated rings. The van der Waals surface area contributed by atoms with Gasteiger partial charge in [-0.3, -0.25) is 0 Å². The molecular formula is C11H18NO2P+2. The Hall–Kier alpha value is -0.760. The van der Waals surface area contributed by atoms with Gasteiger partial charge in [0.1, 0.15) is 6.54 Å². The Kier molecular flexibility index (Phi) is 4.40. The summed E-state index contributed by atoms with van der Waals surface area (Å²) in [5.41, 5.74) is 0. The second-order valence-electron chi connectivity index (χ2n) is 4.44. The maximum atomic E-state index is 11.6. The van der Waals surface area contributed by atoms with E-state index < -0.39 is 8.03 Å². The largest absolute Gasteiger partial charge is 0.548 e. The SMILES string of the molecule is C[N+](C)(C)CCO[P+](=O)c1ccccc1. The van der Waals surface area contributed by atoms with Gasteiger partial charge in [0.05, 0.1) is 21.1 Å².